The number of hydrogen-bond donors (Lipinski definition) is 2. The minimum atomic E-state index is 0.479. The topological polar surface area (TPSA) is 46.2 Å². The predicted octanol–water partition coefficient (Wildman–Crippen LogP) is 3.52. The summed E-state index contributed by atoms with van der Waals surface area (Å²) < 4.78 is 5.27. The van der Waals surface area contributed by atoms with Crippen molar-refractivity contribution in [1.82, 2.24) is 4.98 Å². The maximum absolute atomic E-state index is 5.29. The molecule has 0 radical (unpaired) electrons. The van der Waals surface area contributed by atoms with Crippen LogP contribution in [0, 0.1) is 13.8 Å². The van der Waals surface area contributed by atoms with Crippen molar-refractivity contribution >= 4 is 28.8 Å². The van der Waals surface area contributed by atoms with Crippen LogP contribution in [0.25, 0.3) is 0 Å². The maximum Gasteiger partial charge on any atom is 0.176 e. The van der Waals surface area contributed by atoms with Gasteiger partial charge in [-0.3, -0.25) is 0 Å². The number of aryl methyl sites for hydroxylation is 2. The number of pyridine rings is 1. The molecule has 2 rings (SSSR count). The van der Waals surface area contributed by atoms with Gasteiger partial charge >= 0.3 is 0 Å². The first-order chi connectivity index (χ1) is 9.58. The number of nitrogens with one attached hydrogen (secondary N) is 2. The fourth-order valence-electron chi connectivity index (χ4n) is 1.92. The van der Waals surface area contributed by atoms with Gasteiger partial charge in [-0.25, -0.2) is 4.98 Å². The first-order valence-electron chi connectivity index (χ1n) is 6.25. The minimum absolute atomic E-state index is 0.479. The first-order valence-corrected chi connectivity index (χ1v) is 6.65. The van der Waals surface area contributed by atoms with Gasteiger partial charge in [0.15, 0.2) is 5.11 Å². The molecule has 2 N–H and O–H groups in total. The zero-order chi connectivity index (χ0) is 14.5. The van der Waals surface area contributed by atoms with Crippen LogP contribution in [-0.2, 0) is 0 Å². The number of aromatic nitrogens is 1. The summed E-state index contributed by atoms with van der Waals surface area (Å²) in [5.74, 6) is 1.47. The smallest absolute Gasteiger partial charge is 0.176 e. The Hall–Kier alpha value is -2.14. The van der Waals surface area contributed by atoms with E-state index >= 15 is 0 Å². The summed E-state index contributed by atoms with van der Waals surface area (Å²) in [5.41, 5.74) is 2.91. The van der Waals surface area contributed by atoms with Crippen LogP contribution in [0.5, 0.6) is 5.75 Å². The maximum atomic E-state index is 5.29. The van der Waals surface area contributed by atoms with E-state index < -0.39 is 0 Å². The Bertz CT molecular complexity index is 608. The molecule has 0 spiro atoms. The molecule has 1 heterocycles. The van der Waals surface area contributed by atoms with Gasteiger partial charge in [0.1, 0.15) is 11.6 Å². The molecular weight excluding hydrogens is 270 g/mol. The third-order valence-corrected chi connectivity index (χ3v) is 2.90. The van der Waals surface area contributed by atoms with Crippen LogP contribution in [0.3, 0.4) is 0 Å². The van der Waals surface area contributed by atoms with Crippen LogP contribution < -0.4 is 15.4 Å². The van der Waals surface area contributed by atoms with Crippen LogP contribution >= 0.6 is 12.2 Å². The SMILES string of the molecule is COc1ccccc1NC(=S)Nc1cc(C)cc(C)n1. The number of methoxy groups -OCH3 is 1. The molecule has 2 aromatic rings. The first kappa shape index (κ1) is 14.3. The van der Waals surface area contributed by atoms with Gasteiger partial charge in [-0.15, -0.1) is 0 Å². The predicted molar refractivity (Wildman–Crippen MR) is 86.5 cm³/mol. The van der Waals surface area contributed by atoms with Crippen molar-refractivity contribution in [3.05, 3.63) is 47.7 Å². The number of rotatable bonds is 3. The van der Waals surface area contributed by atoms with Gasteiger partial charge in [0.25, 0.3) is 0 Å². The summed E-state index contributed by atoms with van der Waals surface area (Å²) in [6.07, 6.45) is 0. The highest BCUT2D eigenvalue weighted by Gasteiger charge is 2.05. The second-order valence-corrected chi connectivity index (χ2v) is 4.86. The molecule has 1 aromatic heterocycles. The lowest BCUT2D eigenvalue weighted by atomic mass is 10.2. The molecule has 104 valence electrons. The molecule has 0 aliphatic rings. The molecule has 5 heteroatoms. The lowest BCUT2D eigenvalue weighted by molar-refractivity contribution is 0.417. The zero-order valence-electron chi connectivity index (χ0n) is 11.7. The summed E-state index contributed by atoms with van der Waals surface area (Å²) in [5, 5.41) is 6.66. The molecule has 0 bridgehead atoms. The van der Waals surface area contributed by atoms with Crippen molar-refractivity contribution in [2.75, 3.05) is 17.7 Å². The Morgan fingerprint density at radius 3 is 2.60 bits per heavy atom. The number of hydrogen-bond acceptors (Lipinski definition) is 3. The second-order valence-electron chi connectivity index (χ2n) is 4.45. The van der Waals surface area contributed by atoms with E-state index in [1.54, 1.807) is 7.11 Å². The monoisotopic (exact) mass is 287 g/mol. The van der Waals surface area contributed by atoms with E-state index in [0.29, 0.717) is 5.11 Å². The highest BCUT2D eigenvalue weighted by Crippen LogP contribution is 2.23. The molecule has 20 heavy (non-hydrogen) atoms. The van der Waals surface area contributed by atoms with Crippen LogP contribution in [0.15, 0.2) is 36.4 Å². The zero-order valence-corrected chi connectivity index (χ0v) is 12.5. The van der Waals surface area contributed by atoms with Crippen LogP contribution in [0.4, 0.5) is 11.5 Å². The normalized spacial score (nSPS) is 9.95. The molecule has 0 unspecified atom stereocenters. The lowest BCUT2D eigenvalue weighted by Crippen LogP contribution is -2.20. The molecule has 0 atom stereocenters. The minimum Gasteiger partial charge on any atom is -0.495 e. The Kier molecular flexibility index (Phi) is 4.53. The standard InChI is InChI=1S/C15H17N3OS/c1-10-8-11(2)16-14(9-10)18-15(20)17-12-6-4-5-7-13(12)19-3/h4-9H,1-3H3,(H2,16,17,18,20). The van der Waals surface area contributed by atoms with E-state index in [1.165, 1.54) is 0 Å². The number of nitrogens with zero attached hydrogens (tertiary/aromatic N) is 1. The fourth-order valence-corrected chi connectivity index (χ4v) is 2.14. The van der Waals surface area contributed by atoms with Gasteiger partial charge in [-0.05, 0) is 55.9 Å². The number of anilines is 2. The number of ether oxygens (including phenoxy) is 1. The average Bonchev–Trinajstić information content (AvgIpc) is 2.37. The second kappa shape index (κ2) is 6.34. The molecule has 0 saturated heterocycles. The Morgan fingerprint density at radius 1 is 1.15 bits per heavy atom. The van der Waals surface area contributed by atoms with E-state index in [4.69, 9.17) is 17.0 Å². The highest BCUT2D eigenvalue weighted by atomic mass is 32.1. The van der Waals surface area contributed by atoms with Gasteiger partial charge in [0.05, 0.1) is 12.8 Å². The summed E-state index contributed by atoms with van der Waals surface area (Å²) in [6, 6.07) is 11.6. The van der Waals surface area contributed by atoms with Crippen molar-refractivity contribution in [3.8, 4) is 5.75 Å². The van der Waals surface area contributed by atoms with Crippen molar-refractivity contribution in [1.29, 1.82) is 0 Å². The van der Waals surface area contributed by atoms with E-state index in [-0.39, 0.29) is 0 Å². The number of thiocarbonyl (C=S) groups is 1. The van der Waals surface area contributed by atoms with Crippen molar-refractivity contribution in [2.45, 2.75) is 13.8 Å². The van der Waals surface area contributed by atoms with Crippen molar-refractivity contribution < 1.29 is 4.74 Å². The van der Waals surface area contributed by atoms with Crippen molar-refractivity contribution in [3.63, 3.8) is 0 Å². The van der Waals surface area contributed by atoms with Crippen LogP contribution in [-0.4, -0.2) is 17.2 Å². The third-order valence-electron chi connectivity index (χ3n) is 2.69. The number of benzene rings is 1. The van der Waals surface area contributed by atoms with E-state index in [0.717, 1.165) is 28.5 Å². The van der Waals surface area contributed by atoms with Gasteiger partial charge in [-0.1, -0.05) is 12.1 Å². The van der Waals surface area contributed by atoms with Crippen molar-refractivity contribution in [2.24, 2.45) is 0 Å². The third kappa shape index (κ3) is 3.68. The van der Waals surface area contributed by atoms with Crippen LogP contribution in [0.2, 0.25) is 0 Å². The summed E-state index contributed by atoms with van der Waals surface area (Å²) in [4.78, 5) is 4.39. The molecular formula is C15H17N3OS. The van der Waals surface area contributed by atoms with Crippen LogP contribution in [0.1, 0.15) is 11.3 Å². The van der Waals surface area contributed by atoms with E-state index in [9.17, 15) is 0 Å². The largest absolute Gasteiger partial charge is 0.495 e. The Morgan fingerprint density at radius 2 is 1.90 bits per heavy atom. The molecule has 0 saturated carbocycles. The Balaban J connectivity index is 2.09. The summed E-state index contributed by atoms with van der Waals surface area (Å²) in [6.45, 7) is 3.98. The van der Waals surface area contributed by atoms with Gasteiger partial charge in [-0.2, -0.15) is 0 Å². The molecule has 0 aliphatic heterocycles. The molecule has 0 aliphatic carbocycles. The van der Waals surface area contributed by atoms with Gasteiger partial charge < -0.3 is 15.4 Å². The average molecular weight is 287 g/mol. The Labute approximate surface area is 124 Å². The highest BCUT2D eigenvalue weighted by molar-refractivity contribution is 7.80. The fraction of sp³-hybridized carbons (Fsp3) is 0.200. The van der Waals surface area contributed by atoms with Gasteiger partial charge in [0.2, 0.25) is 0 Å². The van der Waals surface area contributed by atoms with E-state index in [1.807, 2.05) is 50.2 Å². The number of para-hydroxylation sites is 2. The van der Waals surface area contributed by atoms with Gasteiger partial charge in [0, 0.05) is 5.69 Å². The van der Waals surface area contributed by atoms with E-state index in [2.05, 4.69) is 15.6 Å². The lowest BCUT2D eigenvalue weighted by Gasteiger charge is -2.13. The molecule has 0 fully saturated rings. The summed E-state index contributed by atoms with van der Waals surface area (Å²) >= 11 is 5.29. The molecule has 0 amide bonds. The molecule has 1 aromatic carbocycles. The summed E-state index contributed by atoms with van der Waals surface area (Å²) in [7, 11) is 1.63. The quantitative estimate of drug-likeness (QED) is 0.846. The molecule has 4 nitrogen and oxygen atoms in total.